The van der Waals surface area contributed by atoms with Gasteiger partial charge in [0.25, 0.3) is 0 Å². The largest absolute Gasteiger partial charge is 0.494 e. The normalized spacial score (nSPS) is 12.2. The lowest BCUT2D eigenvalue weighted by atomic mass is 9.98. The first-order valence-corrected chi connectivity index (χ1v) is 6.50. The molecule has 0 spiro atoms. The van der Waals surface area contributed by atoms with E-state index in [0.717, 1.165) is 16.9 Å². The van der Waals surface area contributed by atoms with Crippen LogP contribution in [0.15, 0.2) is 48.5 Å². The van der Waals surface area contributed by atoms with Crippen molar-refractivity contribution < 1.29 is 4.74 Å². The summed E-state index contributed by atoms with van der Waals surface area (Å²) in [5, 5.41) is 0. The Bertz CT molecular complexity index is 523. The molecule has 19 heavy (non-hydrogen) atoms. The molecule has 1 unspecified atom stereocenters. The maximum atomic E-state index is 5.70. The van der Waals surface area contributed by atoms with Gasteiger partial charge >= 0.3 is 0 Å². The fraction of sp³-hybridized carbons (Fsp3) is 0.250. The molecule has 2 aromatic rings. The molecule has 0 amide bonds. The predicted octanol–water partition coefficient (Wildman–Crippen LogP) is 2.95. The molecule has 2 aromatic carbocycles. The van der Waals surface area contributed by atoms with E-state index in [1.807, 2.05) is 37.3 Å². The van der Waals surface area contributed by atoms with Gasteiger partial charge in [0.05, 0.1) is 12.6 Å². The Morgan fingerprint density at radius 1 is 1.11 bits per heavy atom. The maximum Gasteiger partial charge on any atom is 0.119 e. The highest BCUT2D eigenvalue weighted by Crippen LogP contribution is 2.24. The number of aryl methyl sites for hydroxylation is 1. The van der Waals surface area contributed by atoms with Crippen LogP contribution in [0.1, 0.15) is 29.7 Å². The van der Waals surface area contributed by atoms with Crippen LogP contribution in [0.5, 0.6) is 5.75 Å². The second-order valence-electron chi connectivity index (χ2n) is 4.52. The van der Waals surface area contributed by atoms with Crippen molar-refractivity contribution >= 4 is 0 Å². The van der Waals surface area contributed by atoms with Gasteiger partial charge in [-0.1, -0.05) is 42.0 Å². The number of hydrazine groups is 1. The maximum absolute atomic E-state index is 5.70. The van der Waals surface area contributed by atoms with E-state index in [2.05, 4.69) is 30.5 Å². The lowest BCUT2D eigenvalue weighted by molar-refractivity contribution is 0.340. The molecule has 3 nitrogen and oxygen atoms in total. The third-order valence-electron chi connectivity index (χ3n) is 3.07. The van der Waals surface area contributed by atoms with Gasteiger partial charge in [-0.3, -0.25) is 5.84 Å². The quantitative estimate of drug-likeness (QED) is 0.638. The molecule has 3 N–H and O–H groups in total. The minimum absolute atomic E-state index is 0.00410. The van der Waals surface area contributed by atoms with Crippen LogP contribution in [-0.4, -0.2) is 6.61 Å². The minimum atomic E-state index is -0.00410. The van der Waals surface area contributed by atoms with Gasteiger partial charge in [0, 0.05) is 0 Å². The summed E-state index contributed by atoms with van der Waals surface area (Å²) in [6, 6.07) is 16.4. The van der Waals surface area contributed by atoms with Crippen molar-refractivity contribution in [2.75, 3.05) is 6.61 Å². The predicted molar refractivity (Wildman–Crippen MR) is 78.0 cm³/mol. The Morgan fingerprint density at radius 2 is 1.84 bits per heavy atom. The van der Waals surface area contributed by atoms with Crippen LogP contribution in [0.25, 0.3) is 0 Å². The molecule has 2 rings (SSSR count). The van der Waals surface area contributed by atoms with E-state index in [1.165, 1.54) is 5.56 Å². The van der Waals surface area contributed by atoms with E-state index < -0.39 is 0 Å². The summed E-state index contributed by atoms with van der Waals surface area (Å²) in [5.74, 6) is 6.58. The summed E-state index contributed by atoms with van der Waals surface area (Å²) in [5.41, 5.74) is 6.38. The zero-order chi connectivity index (χ0) is 13.7. The van der Waals surface area contributed by atoms with Gasteiger partial charge in [-0.05, 0) is 37.1 Å². The zero-order valence-electron chi connectivity index (χ0n) is 11.4. The molecule has 0 radical (unpaired) electrons. The summed E-state index contributed by atoms with van der Waals surface area (Å²) in [6.07, 6.45) is 0. The first-order valence-electron chi connectivity index (χ1n) is 6.50. The van der Waals surface area contributed by atoms with E-state index in [1.54, 1.807) is 0 Å². The monoisotopic (exact) mass is 256 g/mol. The number of ether oxygens (including phenoxy) is 1. The van der Waals surface area contributed by atoms with Gasteiger partial charge in [0.2, 0.25) is 0 Å². The van der Waals surface area contributed by atoms with Gasteiger partial charge in [-0.15, -0.1) is 0 Å². The van der Waals surface area contributed by atoms with Crippen molar-refractivity contribution in [3.05, 3.63) is 65.2 Å². The van der Waals surface area contributed by atoms with E-state index in [4.69, 9.17) is 10.6 Å². The topological polar surface area (TPSA) is 47.3 Å². The van der Waals surface area contributed by atoms with Gasteiger partial charge in [0.15, 0.2) is 0 Å². The summed E-state index contributed by atoms with van der Waals surface area (Å²) >= 11 is 0. The summed E-state index contributed by atoms with van der Waals surface area (Å²) in [6.45, 7) is 4.73. The average molecular weight is 256 g/mol. The van der Waals surface area contributed by atoms with Crippen LogP contribution in [0, 0.1) is 6.92 Å². The number of nitrogens with one attached hydrogen (secondary N) is 1. The van der Waals surface area contributed by atoms with Crippen LogP contribution in [-0.2, 0) is 0 Å². The lowest BCUT2D eigenvalue weighted by Crippen LogP contribution is -2.28. The number of hydrogen-bond acceptors (Lipinski definition) is 3. The molecule has 0 bridgehead atoms. The van der Waals surface area contributed by atoms with Gasteiger partial charge in [0.1, 0.15) is 5.75 Å². The molecule has 0 aliphatic heterocycles. The molecule has 0 aliphatic carbocycles. The van der Waals surface area contributed by atoms with Crippen molar-refractivity contribution in [2.45, 2.75) is 19.9 Å². The summed E-state index contributed by atoms with van der Waals surface area (Å²) in [7, 11) is 0. The van der Waals surface area contributed by atoms with Crippen molar-refractivity contribution in [1.82, 2.24) is 5.43 Å². The van der Waals surface area contributed by atoms with Gasteiger partial charge in [-0.25, -0.2) is 5.43 Å². The van der Waals surface area contributed by atoms with Crippen LogP contribution in [0.4, 0.5) is 0 Å². The molecule has 0 aliphatic rings. The number of hydrogen-bond donors (Lipinski definition) is 2. The standard InChI is InChI=1S/C16H20N2O/c1-3-19-15-9-7-13(8-10-15)16(18-17)14-6-4-5-12(2)11-14/h4-11,16,18H,3,17H2,1-2H3. The summed E-state index contributed by atoms with van der Waals surface area (Å²) < 4.78 is 5.45. The van der Waals surface area contributed by atoms with E-state index in [9.17, 15) is 0 Å². The average Bonchev–Trinajstić information content (AvgIpc) is 2.42. The molecule has 0 aromatic heterocycles. The Morgan fingerprint density at radius 3 is 2.42 bits per heavy atom. The first kappa shape index (κ1) is 13.6. The summed E-state index contributed by atoms with van der Waals surface area (Å²) in [4.78, 5) is 0. The molecule has 0 saturated carbocycles. The van der Waals surface area contributed by atoms with Crippen molar-refractivity contribution in [1.29, 1.82) is 0 Å². The number of nitrogens with two attached hydrogens (primary N) is 1. The van der Waals surface area contributed by atoms with Crippen LogP contribution < -0.4 is 16.0 Å². The highest BCUT2D eigenvalue weighted by atomic mass is 16.5. The molecule has 3 heteroatoms. The van der Waals surface area contributed by atoms with Crippen molar-refractivity contribution in [3.63, 3.8) is 0 Å². The molecule has 0 fully saturated rings. The minimum Gasteiger partial charge on any atom is -0.494 e. The Labute approximate surface area is 114 Å². The van der Waals surface area contributed by atoms with E-state index in [0.29, 0.717) is 6.61 Å². The molecule has 0 heterocycles. The molecule has 100 valence electrons. The highest BCUT2D eigenvalue weighted by molar-refractivity contribution is 5.36. The van der Waals surface area contributed by atoms with Gasteiger partial charge < -0.3 is 4.74 Å². The van der Waals surface area contributed by atoms with Gasteiger partial charge in [-0.2, -0.15) is 0 Å². The number of rotatable bonds is 5. The Balaban J connectivity index is 2.26. The smallest absolute Gasteiger partial charge is 0.119 e. The third kappa shape index (κ3) is 3.34. The Kier molecular flexibility index (Phi) is 4.55. The number of benzene rings is 2. The SMILES string of the molecule is CCOc1ccc(C(NN)c2cccc(C)c2)cc1. The molecule has 1 atom stereocenters. The zero-order valence-corrected chi connectivity index (χ0v) is 11.4. The van der Waals surface area contributed by atoms with E-state index in [-0.39, 0.29) is 6.04 Å². The van der Waals surface area contributed by atoms with Crippen LogP contribution in [0.2, 0.25) is 0 Å². The second kappa shape index (κ2) is 6.36. The van der Waals surface area contributed by atoms with Crippen molar-refractivity contribution in [3.8, 4) is 5.75 Å². The first-order chi connectivity index (χ1) is 9.24. The fourth-order valence-electron chi connectivity index (χ4n) is 2.16. The third-order valence-corrected chi connectivity index (χ3v) is 3.07. The van der Waals surface area contributed by atoms with E-state index >= 15 is 0 Å². The molecular formula is C16H20N2O. The Hall–Kier alpha value is -1.84. The molecule has 0 saturated heterocycles. The second-order valence-corrected chi connectivity index (χ2v) is 4.52. The van der Waals surface area contributed by atoms with Crippen LogP contribution in [0.3, 0.4) is 0 Å². The van der Waals surface area contributed by atoms with Crippen LogP contribution >= 0.6 is 0 Å². The van der Waals surface area contributed by atoms with Crippen molar-refractivity contribution in [2.24, 2.45) is 5.84 Å². The fourth-order valence-corrected chi connectivity index (χ4v) is 2.16. The lowest BCUT2D eigenvalue weighted by Gasteiger charge is -2.17. The highest BCUT2D eigenvalue weighted by Gasteiger charge is 2.12. The molecular weight excluding hydrogens is 236 g/mol.